The highest BCUT2D eigenvalue weighted by Crippen LogP contribution is 2.34. The zero-order chi connectivity index (χ0) is 25.9. The molecular formula is C28H34N6O2. The summed E-state index contributed by atoms with van der Waals surface area (Å²) in [6, 6.07) is 8.32. The second-order valence-corrected chi connectivity index (χ2v) is 10.3. The fourth-order valence-corrected chi connectivity index (χ4v) is 4.58. The van der Waals surface area contributed by atoms with Crippen LogP contribution < -0.4 is 5.32 Å². The van der Waals surface area contributed by atoms with E-state index in [0.717, 1.165) is 47.2 Å². The number of nitrogens with zero attached hydrogens (tertiary/aromatic N) is 5. The molecule has 2 amide bonds. The van der Waals surface area contributed by atoms with E-state index in [4.69, 9.17) is 0 Å². The maximum absolute atomic E-state index is 12.6. The molecule has 3 heterocycles. The summed E-state index contributed by atoms with van der Waals surface area (Å²) in [5.74, 6) is -0.0400. The smallest absolute Gasteiger partial charge is 0.273 e. The molecule has 1 N–H and O–H groups in total. The van der Waals surface area contributed by atoms with E-state index in [1.165, 1.54) is 6.08 Å². The van der Waals surface area contributed by atoms with E-state index >= 15 is 0 Å². The average Bonchev–Trinajstić information content (AvgIpc) is 3.39. The minimum atomic E-state index is -0.249. The Labute approximate surface area is 212 Å². The lowest BCUT2D eigenvalue weighted by molar-refractivity contribution is -0.127. The van der Waals surface area contributed by atoms with Crippen LogP contribution in [0.3, 0.4) is 0 Å². The molecule has 0 saturated carbocycles. The maximum Gasteiger partial charge on any atom is 0.273 e. The van der Waals surface area contributed by atoms with E-state index in [0.29, 0.717) is 18.8 Å². The standard InChI is InChI=1S/C28H34N6O2/c1-6-26(35)33-13-7-8-22(17-33)24-16-29-12-11-23(24)20-9-10-21(19(2)14-20)15-30-27(36)25-18-34(32-31-25)28(3,4)5/h6,9-12,14,16,18,22H,1,7-8,13,15,17H2,2-5H3,(H,30,36). The number of hydrogen-bond donors (Lipinski definition) is 1. The zero-order valence-electron chi connectivity index (χ0n) is 21.5. The summed E-state index contributed by atoms with van der Waals surface area (Å²) < 4.78 is 1.69. The Morgan fingerprint density at radius 3 is 2.75 bits per heavy atom. The predicted molar refractivity (Wildman–Crippen MR) is 139 cm³/mol. The first-order valence-corrected chi connectivity index (χ1v) is 12.3. The minimum absolute atomic E-state index is 0.0201. The second kappa shape index (κ2) is 10.4. The molecule has 8 heteroatoms. The van der Waals surface area contributed by atoms with E-state index in [-0.39, 0.29) is 23.3 Å². The highest BCUT2D eigenvalue weighted by Gasteiger charge is 2.26. The summed E-state index contributed by atoms with van der Waals surface area (Å²) in [6.45, 7) is 13.5. The molecule has 1 atom stereocenters. The van der Waals surface area contributed by atoms with E-state index in [1.54, 1.807) is 10.9 Å². The monoisotopic (exact) mass is 486 g/mol. The Bertz CT molecular complexity index is 1270. The van der Waals surface area contributed by atoms with Crippen molar-refractivity contribution >= 4 is 11.8 Å². The molecule has 3 aromatic rings. The molecule has 1 aliphatic rings. The summed E-state index contributed by atoms with van der Waals surface area (Å²) in [7, 11) is 0. The summed E-state index contributed by atoms with van der Waals surface area (Å²) in [4.78, 5) is 31.0. The lowest BCUT2D eigenvalue weighted by Gasteiger charge is -2.33. The van der Waals surface area contributed by atoms with Crippen LogP contribution in [0.25, 0.3) is 11.1 Å². The molecule has 1 aromatic carbocycles. The van der Waals surface area contributed by atoms with Crippen LogP contribution in [-0.2, 0) is 16.9 Å². The molecule has 2 aromatic heterocycles. The van der Waals surface area contributed by atoms with Gasteiger partial charge in [-0.3, -0.25) is 14.6 Å². The van der Waals surface area contributed by atoms with Gasteiger partial charge in [0.2, 0.25) is 5.91 Å². The number of pyridine rings is 1. The van der Waals surface area contributed by atoms with Crippen LogP contribution in [0, 0.1) is 6.92 Å². The summed E-state index contributed by atoms with van der Waals surface area (Å²) in [5.41, 5.74) is 5.56. The van der Waals surface area contributed by atoms with Gasteiger partial charge in [0.15, 0.2) is 5.69 Å². The number of hydrogen-bond acceptors (Lipinski definition) is 5. The number of nitrogens with one attached hydrogen (secondary N) is 1. The normalized spacial score (nSPS) is 16.0. The Kier molecular flexibility index (Phi) is 7.33. The molecule has 0 spiro atoms. The summed E-state index contributed by atoms with van der Waals surface area (Å²) in [6.07, 6.45) is 8.77. The topological polar surface area (TPSA) is 93.0 Å². The molecule has 188 valence electrons. The van der Waals surface area contributed by atoms with Crippen molar-refractivity contribution in [2.75, 3.05) is 13.1 Å². The van der Waals surface area contributed by atoms with Gasteiger partial charge in [0.1, 0.15) is 0 Å². The number of amides is 2. The fourth-order valence-electron chi connectivity index (χ4n) is 4.58. The quantitative estimate of drug-likeness (QED) is 0.527. The molecule has 8 nitrogen and oxygen atoms in total. The third kappa shape index (κ3) is 5.53. The third-order valence-corrected chi connectivity index (χ3v) is 6.71. The van der Waals surface area contributed by atoms with Crippen LogP contribution >= 0.6 is 0 Å². The van der Waals surface area contributed by atoms with Crippen molar-refractivity contribution in [1.82, 2.24) is 30.2 Å². The Hall–Kier alpha value is -3.81. The first kappa shape index (κ1) is 25.3. The second-order valence-electron chi connectivity index (χ2n) is 10.3. The Balaban J connectivity index is 1.49. The van der Waals surface area contributed by atoms with E-state index in [2.05, 4.69) is 45.4 Å². The molecule has 1 saturated heterocycles. The van der Waals surface area contributed by atoms with Crippen molar-refractivity contribution in [3.05, 3.63) is 77.9 Å². The van der Waals surface area contributed by atoms with Crippen molar-refractivity contribution in [2.45, 2.75) is 58.5 Å². The van der Waals surface area contributed by atoms with Gasteiger partial charge in [-0.25, -0.2) is 4.68 Å². The van der Waals surface area contributed by atoms with Crippen molar-refractivity contribution in [1.29, 1.82) is 0 Å². The van der Waals surface area contributed by atoms with Crippen LogP contribution in [0.1, 0.15) is 66.7 Å². The molecule has 36 heavy (non-hydrogen) atoms. The van der Waals surface area contributed by atoms with Crippen LogP contribution in [-0.4, -0.2) is 49.8 Å². The van der Waals surface area contributed by atoms with Crippen molar-refractivity contribution in [3.63, 3.8) is 0 Å². The van der Waals surface area contributed by atoms with Crippen molar-refractivity contribution in [2.24, 2.45) is 0 Å². The van der Waals surface area contributed by atoms with Crippen LogP contribution in [0.2, 0.25) is 0 Å². The number of benzene rings is 1. The molecule has 0 aliphatic carbocycles. The predicted octanol–water partition coefficient (Wildman–Crippen LogP) is 4.23. The highest BCUT2D eigenvalue weighted by atomic mass is 16.2. The number of carbonyl (C=O) groups excluding carboxylic acids is 2. The summed E-state index contributed by atoms with van der Waals surface area (Å²) >= 11 is 0. The first-order valence-electron chi connectivity index (χ1n) is 12.3. The van der Waals surface area contributed by atoms with Crippen molar-refractivity contribution in [3.8, 4) is 11.1 Å². The molecule has 4 rings (SSSR count). The van der Waals surface area contributed by atoms with E-state index in [9.17, 15) is 9.59 Å². The van der Waals surface area contributed by atoms with Gasteiger partial charge < -0.3 is 10.2 Å². The number of aromatic nitrogens is 4. The number of likely N-dealkylation sites (tertiary alicyclic amines) is 1. The minimum Gasteiger partial charge on any atom is -0.347 e. The maximum atomic E-state index is 12.6. The van der Waals surface area contributed by atoms with Gasteiger partial charge in [-0.05, 0) is 80.5 Å². The zero-order valence-corrected chi connectivity index (χ0v) is 21.5. The van der Waals surface area contributed by atoms with Gasteiger partial charge in [0.05, 0.1) is 11.7 Å². The van der Waals surface area contributed by atoms with E-state index < -0.39 is 0 Å². The van der Waals surface area contributed by atoms with E-state index in [1.807, 2.05) is 51.1 Å². The molecule has 0 bridgehead atoms. The number of carbonyl (C=O) groups is 2. The first-order chi connectivity index (χ1) is 17.2. The third-order valence-electron chi connectivity index (χ3n) is 6.71. The average molecular weight is 487 g/mol. The SMILES string of the molecule is C=CC(=O)N1CCCC(c2cnccc2-c2ccc(CNC(=O)c3cn(C(C)(C)C)nn3)c(C)c2)C1. The van der Waals surface area contributed by atoms with Crippen molar-refractivity contribution < 1.29 is 9.59 Å². The van der Waals surface area contributed by atoms with Gasteiger partial charge in [-0.1, -0.05) is 30.0 Å². The van der Waals surface area contributed by atoms with Gasteiger partial charge in [0, 0.05) is 37.9 Å². The molecule has 1 unspecified atom stereocenters. The van der Waals surface area contributed by atoms with Gasteiger partial charge in [0.25, 0.3) is 5.91 Å². The summed E-state index contributed by atoms with van der Waals surface area (Å²) in [5, 5.41) is 11.0. The number of piperidine rings is 1. The highest BCUT2D eigenvalue weighted by molar-refractivity contribution is 5.91. The Morgan fingerprint density at radius 1 is 1.25 bits per heavy atom. The molecule has 0 radical (unpaired) electrons. The van der Waals surface area contributed by atoms with Crippen LogP contribution in [0.15, 0.2) is 55.5 Å². The van der Waals surface area contributed by atoms with Gasteiger partial charge >= 0.3 is 0 Å². The van der Waals surface area contributed by atoms with Gasteiger partial charge in [-0.2, -0.15) is 0 Å². The van der Waals surface area contributed by atoms with Crippen LogP contribution in [0.5, 0.6) is 0 Å². The van der Waals surface area contributed by atoms with Crippen LogP contribution in [0.4, 0.5) is 0 Å². The van der Waals surface area contributed by atoms with Gasteiger partial charge in [-0.15, -0.1) is 5.10 Å². The fraction of sp³-hybridized carbons (Fsp3) is 0.393. The molecular weight excluding hydrogens is 452 g/mol. The number of rotatable bonds is 6. The molecule has 1 aliphatic heterocycles. The molecule has 1 fully saturated rings. The largest absolute Gasteiger partial charge is 0.347 e. The number of aryl methyl sites for hydroxylation is 1. The Morgan fingerprint density at radius 2 is 2.06 bits per heavy atom. The lowest BCUT2D eigenvalue weighted by Crippen LogP contribution is -2.38. The lowest BCUT2D eigenvalue weighted by atomic mass is 9.86.